The molecule has 51 heavy (non-hydrogen) atoms. The molecule has 20 atom stereocenters. The van der Waals surface area contributed by atoms with Gasteiger partial charge in [-0.05, 0) is 20.3 Å². The molecule has 0 aromatic rings. The molecule has 0 bridgehead atoms. The number of ether oxygens (including phenoxy) is 7. The molecule has 0 aromatic heterocycles. The summed E-state index contributed by atoms with van der Waals surface area (Å²) < 4.78 is 40.8. The minimum Gasteiger partial charge on any atom is -0.484 e. The van der Waals surface area contributed by atoms with Crippen molar-refractivity contribution in [3.8, 4) is 0 Å². The summed E-state index contributed by atoms with van der Waals surface area (Å²) in [6.07, 6.45) is -25.8. The van der Waals surface area contributed by atoms with E-state index in [1.807, 2.05) is 0 Å². The zero-order valence-electron chi connectivity index (χ0n) is 28.5. The van der Waals surface area contributed by atoms with Gasteiger partial charge in [-0.2, -0.15) is 0 Å². The van der Waals surface area contributed by atoms with E-state index in [4.69, 9.17) is 38.6 Å². The van der Waals surface area contributed by atoms with E-state index in [0.717, 1.165) is 11.8 Å². The Bertz CT molecular complexity index is 1150. The van der Waals surface area contributed by atoms with Crippen LogP contribution in [0.25, 0.3) is 0 Å². The summed E-state index contributed by atoms with van der Waals surface area (Å²) in [5.74, 6) is -1.79. The van der Waals surface area contributed by atoms with Gasteiger partial charge in [0, 0.05) is 12.8 Å². The zero-order valence-corrected chi connectivity index (χ0v) is 29.3. The van der Waals surface area contributed by atoms with E-state index in [0.29, 0.717) is 0 Å². The highest BCUT2D eigenvalue weighted by Gasteiger charge is 2.55. The predicted octanol–water partition coefficient (Wildman–Crippen LogP) is -5.52. The van der Waals surface area contributed by atoms with Crippen LogP contribution in [0.15, 0.2) is 0 Å². The van der Waals surface area contributed by atoms with Gasteiger partial charge in [-0.15, -0.1) is 11.8 Å². The Labute approximate surface area is 298 Å². The first-order valence-electron chi connectivity index (χ1n) is 16.6. The highest BCUT2D eigenvalue weighted by molar-refractivity contribution is 8.00. The standard InChI is InChI=1S/C30H52N2O18S/c1-9-18(36)22(40)20(38)13(45-9)5-12-14(6-33)48-30(51-8-16(31)44-4)17(32-11(3)35)26(12)49-29-27(24(42)21(39)15(7-34)47-29)50-28-25(43)23(41)19(37)10(2)46-28/h9-10,12-15,17-31,33-34,36-43H,5-8H2,1-4H3,(H,32,35)/t9?,10-,12?,13?,14-,15-,17?,18?,19?,20?,21?,22?,23?,24?,25?,26?,27?,28-,29-,30-/m0/s1. The van der Waals surface area contributed by atoms with E-state index in [-0.39, 0.29) is 18.1 Å². The molecule has 0 saturated carbocycles. The van der Waals surface area contributed by atoms with Crippen LogP contribution in [0.2, 0.25) is 0 Å². The van der Waals surface area contributed by atoms with Crippen LogP contribution in [0.3, 0.4) is 0 Å². The quantitative estimate of drug-likeness (QED) is 0.0652. The Kier molecular flexibility index (Phi) is 15.2. The molecular weight excluding hydrogens is 708 g/mol. The number of carbonyl (C=O) groups excluding carboxylic acids is 1. The van der Waals surface area contributed by atoms with E-state index in [2.05, 4.69) is 5.32 Å². The highest BCUT2D eigenvalue weighted by atomic mass is 32.2. The van der Waals surface area contributed by atoms with Gasteiger partial charge in [0.05, 0.1) is 62.6 Å². The molecule has 4 rings (SSSR count). The number of carbonyl (C=O) groups is 1. The van der Waals surface area contributed by atoms with Gasteiger partial charge >= 0.3 is 0 Å². The number of aliphatic hydroxyl groups excluding tert-OH is 10. The number of methoxy groups -OCH3 is 1. The lowest BCUT2D eigenvalue weighted by Crippen LogP contribution is -2.67. The molecule has 0 spiro atoms. The van der Waals surface area contributed by atoms with Crippen molar-refractivity contribution in [1.29, 1.82) is 5.41 Å². The Morgan fingerprint density at radius 3 is 1.86 bits per heavy atom. The van der Waals surface area contributed by atoms with Crippen LogP contribution < -0.4 is 5.32 Å². The predicted molar refractivity (Wildman–Crippen MR) is 171 cm³/mol. The average molecular weight is 761 g/mol. The molecule has 14 unspecified atom stereocenters. The fraction of sp³-hybridized carbons (Fsp3) is 0.933. The van der Waals surface area contributed by atoms with Gasteiger partial charge in [-0.25, -0.2) is 0 Å². The molecule has 4 aliphatic rings. The maximum Gasteiger partial charge on any atom is 0.217 e. The third kappa shape index (κ3) is 9.49. The second-order valence-electron chi connectivity index (χ2n) is 13.2. The molecule has 4 heterocycles. The van der Waals surface area contributed by atoms with Gasteiger partial charge in [-0.3, -0.25) is 10.2 Å². The molecule has 4 aliphatic heterocycles. The average Bonchev–Trinajstić information content (AvgIpc) is 3.10. The largest absolute Gasteiger partial charge is 0.484 e. The highest BCUT2D eigenvalue weighted by Crippen LogP contribution is 2.40. The molecule has 296 valence electrons. The smallest absolute Gasteiger partial charge is 0.217 e. The van der Waals surface area contributed by atoms with Crippen LogP contribution in [-0.2, 0) is 38.0 Å². The number of hydrogen-bond donors (Lipinski definition) is 12. The Balaban J connectivity index is 1.75. The van der Waals surface area contributed by atoms with Gasteiger partial charge in [-0.1, -0.05) is 0 Å². The number of amides is 1. The van der Waals surface area contributed by atoms with Crippen LogP contribution >= 0.6 is 11.8 Å². The van der Waals surface area contributed by atoms with Gasteiger partial charge < -0.3 is 89.5 Å². The molecular formula is C30H52N2O18S. The minimum atomic E-state index is -1.88. The zero-order chi connectivity index (χ0) is 37.9. The molecule has 4 fully saturated rings. The van der Waals surface area contributed by atoms with Crippen molar-refractivity contribution in [2.75, 3.05) is 26.1 Å². The second kappa shape index (κ2) is 18.3. The minimum absolute atomic E-state index is 0.0503. The Morgan fingerprint density at radius 2 is 1.27 bits per heavy atom. The van der Waals surface area contributed by atoms with Crippen molar-refractivity contribution in [3.05, 3.63) is 0 Å². The SMILES string of the molecule is COC(=N)CS[C@@H]1O[C@@H](CO)C(CC2OC(C)C(O)C(O)C2O)C(O[C@@H]2O[C@@H](CO)C(O)C(O)C2O[C@@H]2O[C@@H](C)C(O)C(O)C2O)C1NC(C)=O. The van der Waals surface area contributed by atoms with E-state index in [9.17, 15) is 55.9 Å². The van der Waals surface area contributed by atoms with Gasteiger partial charge in [0.1, 0.15) is 66.5 Å². The Hall–Kier alpha value is -1.35. The monoisotopic (exact) mass is 760 g/mol. The van der Waals surface area contributed by atoms with E-state index in [1.165, 1.54) is 27.9 Å². The van der Waals surface area contributed by atoms with Crippen LogP contribution in [0.4, 0.5) is 0 Å². The topological polar surface area (TPSA) is 320 Å². The first-order chi connectivity index (χ1) is 24.0. The molecule has 0 aliphatic carbocycles. The molecule has 12 N–H and O–H groups in total. The summed E-state index contributed by atoms with van der Waals surface area (Å²) in [6, 6.07) is -1.15. The lowest BCUT2D eigenvalue weighted by molar-refractivity contribution is -0.375. The molecule has 1 amide bonds. The van der Waals surface area contributed by atoms with Crippen LogP contribution in [0, 0.1) is 11.3 Å². The Morgan fingerprint density at radius 1 is 0.706 bits per heavy atom. The number of hydrogen-bond acceptors (Lipinski definition) is 20. The van der Waals surface area contributed by atoms with E-state index >= 15 is 0 Å². The van der Waals surface area contributed by atoms with Crippen molar-refractivity contribution >= 4 is 23.6 Å². The summed E-state index contributed by atoms with van der Waals surface area (Å²) in [5.41, 5.74) is -1.04. The molecule has 4 saturated heterocycles. The molecule has 0 aromatic carbocycles. The fourth-order valence-electron chi connectivity index (χ4n) is 6.73. The van der Waals surface area contributed by atoms with E-state index in [1.54, 1.807) is 0 Å². The summed E-state index contributed by atoms with van der Waals surface area (Å²) in [5, 5.41) is 116. The summed E-state index contributed by atoms with van der Waals surface area (Å²) in [6.45, 7) is 2.64. The van der Waals surface area contributed by atoms with Crippen molar-refractivity contribution in [1.82, 2.24) is 5.32 Å². The fourth-order valence-corrected chi connectivity index (χ4v) is 7.82. The van der Waals surface area contributed by atoms with Gasteiger partial charge in [0.15, 0.2) is 18.5 Å². The van der Waals surface area contributed by atoms with Crippen molar-refractivity contribution < 1.29 is 89.0 Å². The summed E-state index contributed by atoms with van der Waals surface area (Å²) in [4.78, 5) is 12.6. The first-order valence-corrected chi connectivity index (χ1v) is 17.7. The van der Waals surface area contributed by atoms with E-state index < -0.39 is 141 Å². The number of aliphatic hydroxyl groups is 10. The lowest BCUT2D eigenvalue weighted by Gasteiger charge is -2.51. The van der Waals surface area contributed by atoms with Gasteiger partial charge in [0.25, 0.3) is 0 Å². The number of nitrogens with one attached hydrogen (secondary N) is 2. The van der Waals surface area contributed by atoms with Crippen molar-refractivity contribution in [2.24, 2.45) is 5.92 Å². The van der Waals surface area contributed by atoms with Crippen LogP contribution in [0.5, 0.6) is 0 Å². The third-order valence-corrected chi connectivity index (χ3v) is 10.9. The van der Waals surface area contributed by atoms with Gasteiger partial charge in [0.2, 0.25) is 5.91 Å². The normalized spacial score (nSPS) is 47.8. The lowest BCUT2D eigenvalue weighted by atomic mass is 9.81. The summed E-state index contributed by atoms with van der Waals surface area (Å²) in [7, 11) is 1.29. The number of rotatable bonds is 12. The molecule has 0 radical (unpaired) electrons. The van der Waals surface area contributed by atoms with Crippen molar-refractivity contribution in [3.63, 3.8) is 0 Å². The first kappa shape index (κ1) is 42.4. The third-order valence-electron chi connectivity index (χ3n) is 9.70. The maximum atomic E-state index is 12.6. The summed E-state index contributed by atoms with van der Waals surface area (Å²) >= 11 is 1.01. The van der Waals surface area contributed by atoms with Crippen molar-refractivity contribution in [2.45, 2.75) is 143 Å². The molecule has 21 heteroatoms. The van der Waals surface area contributed by atoms with Crippen LogP contribution in [-0.4, -0.2) is 205 Å². The maximum absolute atomic E-state index is 12.6. The molecule has 20 nitrogen and oxygen atoms in total. The van der Waals surface area contributed by atoms with Crippen LogP contribution in [0.1, 0.15) is 27.2 Å². The second-order valence-corrected chi connectivity index (χ2v) is 14.3. The number of thioether (sulfide) groups is 1.